The van der Waals surface area contributed by atoms with Gasteiger partial charge in [-0.1, -0.05) is 0 Å². The number of nitrogens with two attached hydrogens (primary N) is 2. The second-order valence-corrected chi connectivity index (χ2v) is 3.17. The highest BCUT2D eigenvalue weighted by atomic mass is 16.2. The van der Waals surface area contributed by atoms with E-state index in [0.29, 0.717) is 6.54 Å². The summed E-state index contributed by atoms with van der Waals surface area (Å²) in [6, 6.07) is 0. The summed E-state index contributed by atoms with van der Waals surface area (Å²) in [5, 5.41) is 3.77. The van der Waals surface area contributed by atoms with Crippen molar-refractivity contribution in [3.8, 4) is 0 Å². The van der Waals surface area contributed by atoms with Gasteiger partial charge in [-0.3, -0.25) is 9.59 Å². The third kappa shape index (κ3) is 3.23. The largest absolute Gasteiger partial charge is 0.368 e. The zero-order valence-electron chi connectivity index (χ0n) is 8.96. The molecule has 0 fully saturated rings. The Bertz CT molecular complexity index is 388. The van der Waals surface area contributed by atoms with Gasteiger partial charge in [0.1, 0.15) is 12.9 Å². The van der Waals surface area contributed by atoms with Crippen molar-refractivity contribution in [2.24, 2.45) is 5.73 Å². The second-order valence-electron chi connectivity index (χ2n) is 3.17. The van der Waals surface area contributed by atoms with E-state index in [1.54, 1.807) is 6.92 Å². The highest BCUT2D eigenvalue weighted by molar-refractivity contribution is 5.83. The molecule has 8 nitrogen and oxygen atoms in total. The lowest BCUT2D eigenvalue weighted by atomic mass is 10.4. The Kier molecular flexibility index (Phi) is 3.81. The molecule has 2 amide bonds. The molecule has 0 bridgehead atoms. The molecule has 1 aromatic rings. The molecule has 0 saturated heterocycles. The molecule has 0 spiro atoms. The van der Waals surface area contributed by atoms with Gasteiger partial charge >= 0.3 is 0 Å². The third-order valence-corrected chi connectivity index (χ3v) is 1.93. The number of hydrogen-bond acceptors (Lipinski definition) is 5. The minimum absolute atomic E-state index is 0.00861. The first-order valence-corrected chi connectivity index (χ1v) is 4.74. The molecule has 16 heavy (non-hydrogen) atoms. The number of likely N-dealkylation sites (N-methyl/N-ethyl adjacent to an activating group) is 1. The molecule has 8 heteroatoms. The average molecular weight is 226 g/mol. The van der Waals surface area contributed by atoms with Gasteiger partial charge in [0.05, 0.1) is 6.54 Å². The maximum absolute atomic E-state index is 11.7. The molecule has 1 rings (SSSR count). The van der Waals surface area contributed by atoms with Crippen LogP contribution in [0.25, 0.3) is 0 Å². The topological polar surface area (TPSA) is 120 Å². The van der Waals surface area contributed by atoms with Crippen LogP contribution in [0, 0.1) is 0 Å². The summed E-state index contributed by atoms with van der Waals surface area (Å²) in [5.74, 6) is -0.703. The van der Waals surface area contributed by atoms with Crippen LogP contribution in [0.1, 0.15) is 6.92 Å². The van der Waals surface area contributed by atoms with Crippen LogP contribution >= 0.6 is 0 Å². The molecule has 0 radical (unpaired) electrons. The van der Waals surface area contributed by atoms with Gasteiger partial charge in [0.15, 0.2) is 0 Å². The van der Waals surface area contributed by atoms with Gasteiger partial charge in [-0.2, -0.15) is 0 Å². The van der Waals surface area contributed by atoms with Crippen molar-refractivity contribution in [3.63, 3.8) is 0 Å². The smallest absolute Gasteiger partial charge is 0.244 e. The van der Waals surface area contributed by atoms with Crippen LogP contribution in [-0.2, 0) is 16.1 Å². The van der Waals surface area contributed by atoms with Gasteiger partial charge in [0.2, 0.25) is 17.8 Å². The summed E-state index contributed by atoms with van der Waals surface area (Å²) >= 11 is 0. The zero-order valence-corrected chi connectivity index (χ0v) is 8.96. The number of hydrogen-bond donors (Lipinski definition) is 2. The van der Waals surface area contributed by atoms with E-state index in [9.17, 15) is 9.59 Å². The van der Waals surface area contributed by atoms with Crippen LogP contribution in [0.4, 0.5) is 5.95 Å². The van der Waals surface area contributed by atoms with Crippen molar-refractivity contribution < 1.29 is 9.59 Å². The van der Waals surface area contributed by atoms with Crippen molar-refractivity contribution in [3.05, 3.63) is 6.33 Å². The Balaban J connectivity index is 2.59. The summed E-state index contributed by atoms with van der Waals surface area (Å²) in [5.41, 5.74) is 10.3. The number of nitrogens with zero attached hydrogens (tertiary/aromatic N) is 4. The average Bonchev–Trinajstić information content (AvgIpc) is 2.60. The first kappa shape index (κ1) is 12.0. The molecule has 4 N–H and O–H groups in total. The van der Waals surface area contributed by atoms with Crippen LogP contribution in [0.15, 0.2) is 6.33 Å². The summed E-state index contributed by atoms with van der Waals surface area (Å²) in [6.07, 6.45) is 1.35. The van der Waals surface area contributed by atoms with E-state index < -0.39 is 5.91 Å². The van der Waals surface area contributed by atoms with E-state index in [2.05, 4.69) is 10.1 Å². The third-order valence-electron chi connectivity index (χ3n) is 1.93. The van der Waals surface area contributed by atoms with Crippen molar-refractivity contribution in [2.45, 2.75) is 13.5 Å². The Morgan fingerprint density at radius 2 is 2.25 bits per heavy atom. The summed E-state index contributed by atoms with van der Waals surface area (Å²) in [7, 11) is 0. The maximum atomic E-state index is 11.7. The fourth-order valence-electron chi connectivity index (χ4n) is 1.19. The summed E-state index contributed by atoms with van der Waals surface area (Å²) < 4.78 is 1.31. The van der Waals surface area contributed by atoms with Crippen molar-refractivity contribution in [2.75, 3.05) is 18.8 Å². The molecule has 0 aliphatic carbocycles. The number of nitrogen functional groups attached to an aromatic ring is 1. The highest BCUT2D eigenvalue weighted by Crippen LogP contribution is 1.95. The predicted molar refractivity (Wildman–Crippen MR) is 55.9 cm³/mol. The molecule has 88 valence electrons. The van der Waals surface area contributed by atoms with Gasteiger partial charge in [-0.15, -0.1) is 5.10 Å². The minimum atomic E-state index is -0.548. The van der Waals surface area contributed by atoms with Gasteiger partial charge in [0.25, 0.3) is 0 Å². The number of carbonyl (C=O) groups is 2. The molecule has 0 aliphatic heterocycles. The van der Waals surface area contributed by atoms with E-state index in [1.165, 1.54) is 15.9 Å². The van der Waals surface area contributed by atoms with Gasteiger partial charge in [0, 0.05) is 6.54 Å². The van der Waals surface area contributed by atoms with Crippen molar-refractivity contribution in [1.82, 2.24) is 19.7 Å². The summed E-state index contributed by atoms with van der Waals surface area (Å²) in [6.45, 7) is 2.06. The first-order valence-electron chi connectivity index (χ1n) is 4.74. The van der Waals surface area contributed by atoms with Gasteiger partial charge < -0.3 is 16.4 Å². The quantitative estimate of drug-likeness (QED) is 0.613. The Morgan fingerprint density at radius 1 is 1.56 bits per heavy atom. The molecule has 0 aliphatic rings. The Morgan fingerprint density at radius 3 is 2.69 bits per heavy atom. The maximum Gasteiger partial charge on any atom is 0.244 e. The normalized spacial score (nSPS) is 10.1. The minimum Gasteiger partial charge on any atom is -0.368 e. The molecule has 0 aromatic carbocycles. The monoisotopic (exact) mass is 226 g/mol. The van der Waals surface area contributed by atoms with Crippen LogP contribution in [0.5, 0.6) is 0 Å². The van der Waals surface area contributed by atoms with Crippen LogP contribution in [0.2, 0.25) is 0 Å². The first-order chi connectivity index (χ1) is 7.52. The number of primary amides is 1. The van der Waals surface area contributed by atoms with Gasteiger partial charge in [-0.25, -0.2) is 9.67 Å². The Labute approximate surface area is 92.2 Å². The van der Waals surface area contributed by atoms with Crippen LogP contribution in [0.3, 0.4) is 0 Å². The number of rotatable bonds is 5. The van der Waals surface area contributed by atoms with Crippen molar-refractivity contribution >= 4 is 17.8 Å². The van der Waals surface area contributed by atoms with Crippen LogP contribution in [-0.4, -0.2) is 44.6 Å². The lowest BCUT2D eigenvalue weighted by molar-refractivity contribution is -0.135. The summed E-state index contributed by atoms with van der Waals surface area (Å²) in [4.78, 5) is 27.4. The molecule has 1 heterocycles. The standard InChI is InChI=1S/C8H14N6O2/c1-2-13(3-6(9)15)7(16)4-14-5-11-8(10)12-14/h5H,2-4H2,1H3,(H2,9,15)(H2,10,12). The second kappa shape index (κ2) is 5.10. The molecule has 0 saturated carbocycles. The number of anilines is 1. The van der Waals surface area contributed by atoms with Gasteiger partial charge in [-0.05, 0) is 6.92 Å². The molecular weight excluding hydrogens is 212 g/mol. The molecule has 0 unspecified atom stereocenters. The number of amides is 2. The SMILES string of the molecule is CCN(CC(N)=O)C(=O)Cn1cnc(N)n1. The predicted octanol–water partition coefficient (Wildman–Crippen LogP) is -1.81. The lowest BCUT2D eigenvalue weighted by Gasteiger charge is -2.18. The number of carbonyl (C=O) groups excluding carboxylic acids is 2. The molecule has 0 atom stereocenters. The fraction of sp³-hybridized carbons (Fsp3) is 0.500. The van der Waals surface area contributed by atoms with Crippen LogP contribution < -0.4 is 11.5 Å². The van der Waals surface area contributed by atoms with Crippen molar-refractivity contribution in [1.29, 1.82) is 0 Å². The van der Waals surface area contributed by atoms with E-state index in [0.717, 1.165) is 0 Å². The van der Waals surface area contributed by atoms with E-state index in [-0.39, 0.29) is 24.9 Å². The Hall–Kier alpha value is -2.12. The van der Waals surface area contributed by atoms with E-state index in [1.807, 2.05) is 0 Å². The van der Waals surface area contributed by atoms with E-state index in [4.69, 9.17) is 11.5 Å². The highest BCUT2D eigenvalue weighted by Gasteiger charge is 2.14. The molecule has 1 aromatic heterocycles. The molecular formula is C8H14N6O2. The fourth-order valence-corrected chi connectivity index (χ4v) is 1.19. The zero-order chi connectivity index (χ0) is 12.1. The van der Waals surface area contributed by atoms with E-state index >= 15 is 0 Å². The number of aromatic nitrogens is 3. The lowest BCUT2D eigenvalue weighted by Crippen LogP contribution is -2.40.